The number of amides is 1. The number of hydrogen-bond acceptors (Lipinski definition) is 5. The van der Waals surface area contributed by atoms with Gasteiger partial charge in [0, 0.05) is 11.4 Å². The minimum absolute atomic E-state index is 0.0190. The lowest BCUT2D eigenvalue weighted by Crippen LogP contribution is -2.51. The number of H-pyrrole nitrogens is 1. The number of anilines is 1. The summed E-state index contributed by atoms with van der Waals surface area (Å²) in [5.41, 5.74) is -1.43. The van der Waals surface area contributed by atoms with E-state index in [2.05, 4.69) is 15.2 Å². The average molecular weight is 479 g/mol. The number of benzene rings is 2. The predicted octanol–water partition coefficient (Wildman–Crippen LogP) is 3.78. The Hall–Kier alpha value is -3.47. The predicted molar refractivity (Wildman–Crippen MR) is 118 cm³/mol. The van der Waals surface area contributed by atoms with E-state index in [0.717, 1.165) is 11.8 Å². The number of carbonyl (C=O) groups excluding carboxylic acids is 2. The minimum atomic E-state index is -5.25. The number of nitrogens with one attached hydrogen (secondary N) is 2. The van der Waals surface area contributed by atoms with Crippen LogP contribution in [0.4, 0.5) is 18.9 Å². The fourth-order valence-corrected chi connectivity index (χ4v) is 4.50. The summed E-state index contributed by atoms with van der Waals surface area (Å²) < 4.78 is 45.6. The van der Waals surface area contributed by atoms with Gasteiger partial charge in [-0.1, -0.05) is 36.4 Å². The van der Waals surface area contributed by atoms with E-state index in [-0.39, 0.29) is 23.1 Å². The number of esters is 1. The molecule has 2 aromatic carbocycles. The van der Waals surface area contributed by atoms with Crippen LogP contribution in [0.5, 0.6) is 0 Å². The molecule has 11 heteroatoms. The largest absolute Gasteiger partial charge is 0.467 e. The van der Waals surface area contributed by atoms with Crippen molar-refractivity contribution in [2.75, 3.05) is 18.2 Å². The van der Waals surface area contributed by atoms with Crippen LogP contribution in [-0.2, 0) is 19.1 Å². The molecule has 0 saturated carbocycles. The van der Waals surface area contributed by atoms with Crippen molar-refractivity contribution in [2.24, 2.45) is 0 Å². The molecule has 33 heavy (non-hydrogen) atoms. The van der Waals surface area contributed by atoms with Crippen LogP contribution in [0, 0.1) is 6.92 Å². The molecule has 0 fully saturated rings. The zero-order chi connectivity index (χ0) is 24.2. The summed E-state index contributed by atoms with van der Waals surface area (Å²) in [5, 5.41) is 5.06. The molecule has 174 valence electrons. The van der Waals surface area contributed by atoms with Gasteiger partial charge in [0.05, 0.1) is 24.1 Å². The number of nitrogens with zero attached hydrogens (tertiary/aromatic N) is 1. The van der Waals surface area contributed by atoms with Gasteiger partial charge in [-0.3, -0.25) is 14.7 Å². The molecule has 1 aromatic heterocycles. The molecule has 0 aliphatic carbocycles. The molecule has 3 aromatic rings. The highest BCUT2D eigenvalue weighted by atomic mass is 32.2. The lowest BCUT2D eigenvalue weighted by molar-refractivity contribution is -0.187. The van der Waals surface area contributed by atoms with Crippen LogP contribution in [0.15, 0.2) is 65.5 Å². The number of alkyl halides is 3. The SMILES string of the molecule is COC(=O)[C@](SCC(=O)Nc1ccccc1)(c1c(C)[nH]n(-c2ccccc2)c1=O)C(F)(F)F. The molecule has 0 unspecified atom stereocenters. The zero-order valence-electron chi connectivity index (χ0n) is 17.6. The number of aromatic nitrogens is 2. The van der Waals surface area contributed by atoms with Gasteiger partial charge in [-0.15, -0.1) is 11.8 Å². The van der Waals surface area contributed by atoms with Crippen LogP contribution in [0.25, 0.3) is 5.69 Å². The van der Waals surface area contributed by atoms with Crippen molar-refractivity contribution in [1.29, 1.82) is 0 Å². The second-order valence-electron chi connectivity index (χ2n) is 6.96. The number of aryl methyl sites for hydroxylation is 1. The van der Waals surface area contributed by atoms with Crippen molar-refractivity contribution in [3.8, 4) is 5.69 Å². The molecule has 1 amide bonds. The van der Waals surface area contributed by atoms with Gasteiger partial charge in [-0.05, 0) is 31.2 Å². The number of hydrogen-bond donors (Lipinski definition) is 2. The third kappa shape index (κ3) is 4.68. The molecular formula is C22H20F3N3O4S. The van der Waals surface area contributed by atoms with Crippen molar-refractivity contribution >= 4 is 29.3 Å². The molecule has 7 nitrogen and oxygen atoms in total. The molecule has 0 bridgehead atoms. The van der Waals surface area contributed by atoms with Crippen molar-refractivity contribution < 1.29 is 27.5 Å². The average Bonchev–Trinajstić information content (AvgIpc) is 3.09. The molecule has 3 rings (SSSR count). The second-order valence-corrected chi connectivity index (χ2v) is 8.15. The Morgan fingerprint density at radius 1 is 1.06 bits per heavy atom. The van der Waals surface area contributed by atoms with Gasteiger partial charge in [0.25, 0.3) is 5.56 Å². The molecule has 0 aliphatic heterocycles. The maximum absolute atomic E-state index is 14.5. The first-order chi connectivity index (χ1) is 15.6. The van der Waals surface area contributed by atoms with Gasteiger partial charge in [0.15, 0.2) is 0 Å². The third-order valence-electron chi connectivity index (χ3n) is 4.79. The van der Waals surface area contributed by atoms with Gasteiger partial charge in [-0.25, -0.2) is 9.48 Å². The number of carbonyl (C=O) groups is 2. The first-order valence-electron chi connectivity index (χ1n) is 9.63. The minimum Gasteiger partial charge on any atom is -0.467 e. The number of thioether (sulfide) groups is 1. The molecule has 0 spiro atoms. The summed E-state index contributed by atoms with van der Waals surface area (Å²) in [7, 11) is 0.797. The molecular weight excluding hydrogens is 459 g/mol. The number of methoxy groups -OCH3 is 1. The standard InChI is InChI=1S/C22H20F3N3O4S/c1-14-18(19(30)28(27-14)16-11-7-4-8-12-16)21(20(31)32-2,22(23,24)25)33-13-17(29)26-15-9-5-3-6-10-15/h3-12,27H,13H2,1-2H3,(H,26,29)/t21-/m1/s1. The number of rotatable bonds is 7. The smallest absolute Gasteiger partial charge is 0.418 e. The highest BCUT2D eigenvalue weighted by Crippen LogP contribution is 2.50. The first kappa shape index (κ1) is 24.2. The summed E-state index contributed by atoms with van der Waals surface area (Å²) in [6, 6.07) is 16.1. The van der Waals surface area contributed by atoms with Gasteiger partial charge in [-0.2, -0.15) is 13.2 Å². The highest BCUT2D eigenvalue weighted by Gasteiger charge is 2.66. The molecule has 1 heterocycles. The Balaban J connectivity index is 2.07. The van der Waals surface area contributed by atoms with Crippen LogP contribution in [0.2, 0.25) is 0 Å². The van der Waals surface area contributed by atoms with Crippen molar-refractivity contribution in [2.45, 2.75) is 17.8 Å². The third-order valence-corrected chi connectivity index (χ3v) is 6.23. The number of ether oxygens (including phenoxy) is 1. The van der Waals surface area contributed by atoms with Crippen molar-refractivity contribution in [3.63, 3.8) is 0 Å². The molecule has 0 aliphatic rings. The molecule has 2 N–H and O–H groups in total. The summed E-state index contributed by atoms with van der Waals surface area (Å²) >= 11 is -0.0190. The number of para-hydroxylation sites is 2. The molecule has 0 saturated heterocycles. The summed E-state index contributed by atoms with van der Waals surface area (Å²) in [6.07, 6.45) is -5.25. The van der Waals surface area contributed by atoms with Crippen LogP contribution in [0.1, 0.15) is 11.3 Å². The fraction of sp³-hybridized carbons (Fsp3) is 0.227. The lowest BCUT2D eigenvalue weighted by atomic mass is 9.98. The molecule has 0 radical (unpaired) electrons. The van der Waals surface area contributed by atoms with Gasteiger partial charge in [0.2, 0.25) is 10.7 Å². The number of aromatic amines is 1. The van der Waals surface area contributed by atoms with E-state index in [4.69, 9.17) is 0 Å². The highest BCUT2D eigenvalue weighted by molar-refractivity contribution is 8.01. The normalized spacial score (nSPS) is 13.2. The monoisotopic (exact) mass is 479 g/mol. The Morgan fingerprint density at radius 2 is 1.64 bits per heavy atom. The van der Waals surface area contributed by atoms with E-state index in [1.54, 1.807) is 48.5 Å². The maximum atomic E-state index is 14.5. The van der Waals surface area contributed by atoms with Crippen molar-refractivity contribution in [3.05, 3.63) is 82.3 Å². The van der Waals surface area contributed by atoms with E-state index in [1.807, 2.05) is 0 Å². The molecule has 1 atom stereocenters. The van der Waals surface area contributed by atoms with E-state index < -0.39 is 39.7 Å². The second kappa shape index (κ2) is 9.57. The van der Waals surface area contributed by atoms with Gasteiger partial charge < -0.3 is 10.1 Å². The van der Waals surface area contributed by atoms with E-state index in [9.17, 15) is 27.6 Å². The van der Waals surface area contributed by atoms with Gasteiger partial charge >= 0.3 is 12.1 Å². The van der Waals surface area contributed by atoms with Crippen LogP contribution < -0.4 is 10.9 Å². The summed E-state index contributed by atoms with van der Waals surface area (Å²) in [6.45, 7) is 1.25. The van der Waals surface area contributed by atoms with E-state index >= 15 is 0 Å². The van der Waals surface area contributed by atoms with Crippen LogP contribution >= 0.6 is 11.8 Å². The lowest BCUT2D eigenvalue weighted by Gasteiger charge is -2.31. The van der Waals surface area contributed by atoms with Gasteiger partial charge in [0.1, 0.15) is 0 Å². The fourth-order valence-electron chi connectivity index (χ4n) is 3.33. The van der Waals surface area contributed by atoms with Crippen molar-refractivity contribution in [1.82, 2.24) is 9.78 Å². The quantitative estimate of drug-likeness (QED) is 0.503. The maximum Gasteiger partial charge on any atom is 0.418 e. The Bertz CT molecular complexity index is 1190. The van der Waals surface area contributed by atoms with Crippen LogP contribution in [-0.4, -0.2) is 40.7 Å². The summed E-state index contributed by atoms with van der Waals surface area (Å²) in [4.78, 5) is 38.2. The summed E-state index contributed by atoms with van der Waals surface area (Å²) in [5.74, 6) is -3.24. The number of halogens is 3. The Morgan fingerprint density at radius 3 is 2.18 bits per heavy atom. The first-order valence-corrected chi connectivity index (χ1v) is 10.6. The Kier molecular flexibility index (Phi) is 7.01. The van der Waals surface area contributed by atoms with Crippen LogP contribution in [0.3, 0.4) is 0 Å². The topological polar surface area (TPSA) is 93.2 Å². The van der Waals surface area contributed by atoms with E-state index in [0.29, 0.717) is 5.69 Å². The Labute approximate surface area is 190 Å². The van der Waals surface area contributed by atoms with E-state index in [1.165, 1.54) is 19.1 Å². The zero-order valence-corrected chi connectivity index (χ0v) is 18.4.